The molecule has 0 spiro atoms. The molecule has 28 heavy (non-hydrogen) atoms. The molecule has 0 atom stereocenters. The van der Waals surface area contributed by atoms with Gasteiger partial charge in [0.25, 0.3) is 0 Å². The molecule has 2 aromatic heterocycles. The van der Waals surface area contributed by atoms with E-state index in [4.69, 9.17) is 11.5 Å². The molecule has 0 saturated heterocycles. The Hall–Kier alpha value is -2.20. The molecule has 146 valence electrons. The third kappa shape index (κ3) is 3.70. The Labute approximate surface area is 171 Å². The Bertz CT molecular complexity index is 914. The minimum atomic E-state index is 0.483. The third-order valence-electron chi connectivity index (χ3n) is 4.93. The SMILES string of the molecule is Nc1nnc(SCc2cccc(CSc3nnc(N)n3C3CC3)c2)n1C1CC1. The van der Waals surface area contributed by atoms with Gasteiger partial charge in [-0.15, -0.1) is 20.4 Å². The second-order valence-corrected chi connectivity index (χ2v) is 9.17. The number of benzene rings is 1. The van der Waals surface area contributed by atoms with Crippen molar-refractivity contribution in [3.05, 3.63) is 35.4 Å². The Morgan fingerprint density at radius 3 is 1.68 bits per heavy atom. The Morgan fingerprint density at radius 2 is 1.25 bits per heavy atom. The number of nitrogens with two attached hydrogens (primary N) is 2. The van der Waals surface area contributed by atoms with Crippen molar-refractivity contribution in [3.8, 4) is 0 Å². The highest BCUT2D eigenvalue weighted by molar-refractivity contribution is 7.98. The maximum Gasteiger partial charge on any atom is 0.222 e. The lowest BCUT2D eigenvalue weighted by Gasteiger charge is -2.08. The molecular formula is C18H22N8S2. The zero-order chi connectivity index (χ0) is 19.1. The number of hydrogen-bond acceptors (Lipinski definition) is 8. The molecule has 0 aliphatic heterocycles. The molecule has 3 aromatic rings. The monoisotopic (exact) mass is 414 g/mol. The first-order chi connectivity index (χ1) is 13.7. The summed E-state index contributed by atoms with van der Waals surface area (Å²) in [6.07, 6.45) is 4.66. The molecule has 0 radical (unpaired) electrons. The second-order valence-electron chi connectivity index (χ2n) is 7.28. The summed E-state index contributed by atoms with van der Waals surface area (Å²) in [7, 11) is 0. The summed E-state index contributed by atoms with van der Waals surface area (Å²) < 4.78 is 4.14. The second kappa shape index (κ2) is 7.32. The van der Waals surface area contributed by atoms with Crippen molar-refractivity contribution < 1.29 is 0 Å². The summed E-state index contributed by atoms with van der Waals surface area (Å²) in [5, 5.41) is 18.4. The molecule has 2 saturated carbocycles. The number of aromatic nitrogens is 6. The molecule has 5 rings (SSSR count). The van der Waals surface area contributed by atoms with Gasteiger partial charge in [0.2, 0.25) is 11.9 Å². The minimum absolute atomic E-state index is 0.483. The maximum atomic E-state index is 5.96. The quantitative estimate of drug-likeness (QED) is 0.540. The van der Waals surface area contributed by atoms with Crippen molar-refractivity contribution in [2.24, 2.45) is 0 Å². The van der Waals surface area contributed by atoms with E-state index < -0.39 is 0 Å². The van der Waals surface area contributed by atoms with E-state index in [1.165, 1.54) is 36.8 Å². The third-order valence-corrected chi connectivity index (χ3v) is 6.96. The van der Waals surface area contributed by atoms with Crippen molar-refractivity contribution in [1.82, 2.24) is 29.5 Å². The highest BCUT2D eigenvalue weighted by Crippen LogP contribution is 2.41. The number of nitrogen functional groups attached to an aromatic ring is 2. The number of hydrogen-bond donors (Lipinski definition) is 2. The first-order valence-electron chi connectivity index (χ1n) is 9.43. The van der Waals surface area contributed by atoms with Crippen LogP contribution in [-0.2, 0) is 11.5 Å². The molecule has 2 aliphatic rings. The molecule has 8 nitrogen and oxygen atoms in total. The average Bonchev–Trinajstić information content (AvgIpc) is 3.63. The molecule has 10 heteroatoms. The fraction of sp³-hybridized carbons (Fsp3) is 0.444. The summed E-state index contributed by atoms with van der Waals surface area (Å²) in [4.78, 5) is 0. The summed E-state index contributed by atoms with van der Waals surface area (Å²) in [6.45, 7) is 0. The van der Waals surface area contributed by atoms with E-state index in [1.54, 1.807) is 23.5 Å². The van der Waals surface area contributed by atoms with E-state index in [2.05, 4.69) is 53.8 Å². The van der Waals surface area contributed by atoms with Crippen molar-refractivity contribution in [1.29, 1.82) is 0 Å². The van der Waals surface area contributed by atoms with E-state index in [9.17, 15) is 0 Å². The van der Waals surface area contributed by atoms with Gasteiger partial charge < -0.3 is 11.5 Å². The lowest BCUT2D eigenvalue weighted by atomic mass is 10.2. The van der Waals surface area contributed by atoms with Gasteiger partial charge in [-0.25, -0.2) is 0 Å². The van der Waals surface area contributed by atoms with Gasteiger partial charge in [0.15, 0.2) is 10.3 Å². The first-order valence-corrected chi connectivity index (χ1v) is 11.4. The smallest absolute Gasteiger partial charge is 0.222 e. The molecular weight excluding hydrogens is 392 g/mol. The standard InChI is InChI=1S/C18H22N8S2/c19-15-21-23-17(25(15)13-4-5-13)27-9-11-2-1-3-12(8-11)10-28-18-24-22-16(20)26(18)14-6-7-14/h1-3,8,13-14H,4-7,9-10H2,(H2,19,21)(H2,20,22). The predicted octanol–water partition coefficient (Wildman–Crippen LogP) is 3.29. The molecule has 2 fully saturated rings. The highest BCUT2D eigenvalue weighted by Gasteiger charge is 2.29. The van der Waals surface area contributed by atoms with Crippen LogP contribution in [0.15, 0.2) is 34.6 Å². The van der Waals surface area contributed by atoms with E-state index in [0.717, 1.165) is 21.8 Å². The largest absolute Gasteiger partial charge is 0.368 e. The Morgan fingerprint density at radius 1 is 0.786 bits per heavy atom. The predicted molar refractivity (Wildman–Crippen MR) is 111 cm³/mol. The van der Waals surface area contributed by atoms with Crippen molar-refractivity contribution in [2.75, 3.05) is 11.5 Å². The van der Waals surface area contributed by atoms with Crippen LogP contribution in [0.4, 0.5) is 11.9 Å². The topological polar surface area (TPSA) is 113 Å². The van der Waals surface area contributed by atoms with Gasteiger partial charge in [0.05, 0.1) is 0 Å². The molecule has 1 aromatic carbocycles. The molecule has 4 N–H and O–H groups in total. The van der Waals surface area contributed by atoms with Gasteiger partial charge in [-0.1, -0.05) is 47.8 Å². The van der Waals surface area contributed by atoms with E-state index >= 15 is 0 Å². The Kier molecular flexibility index (Phi) is 4.67. The Balaban J connectivity index is 1.23. The maximum absolute atomic E-state index is 5.96. The molecule has 0 bridgehead atoms. The molecule has 0 unspecified atom stereocenters. The summed E-state index contributed by atoms with van der Waals surface area (Å²) in [5.41, 5.74) is 14.4. The van der Waals surface area contributed by atoms with Crippen LogP contribution < -0.4 is 11.5 Å². The van der Waals surface area contributed by atoms with E-state index in [1.807, 2.05) is 0 Å². The van der Waals surface area contributed by atoms with Crippen LogP contribution in [0.5, 0.6) is 0 Å². The van der Waals surface area contributed by atoms with Gasteiger partial charge in [-0.05, 0) is 36.8 Å². The fourth-order valence-corrected chi connectivity index (χ4v) is 5.14. The fourth-order valence-electron chi connectivity index (χ4n) is 3.23. The number of thioether (sulfide) groups is 2. The lowest BCUT2D eigenvalue weighted by molar-refractivity contribution is 0.671. The zero-order valence-electron chi connectivity index (χ0n) is 15.4. The van der Waals surface area contributed by atoms with Crippen LogP contribution in [0, 0.1) is 0 Å². The summed E-state index contributed by atoms with van der Waals surface area (Å²) in [5.74, 6) is 2.73. The minimum Gasteiger partial charge on any atom is -0.368 e. The molecule has 2 heterocycles. The lowest BCUT2D eigenvalue weighted by Crippen LogP contribution is -2.02. The van der Waals surface area contributed by atoms with Crippen molar-refractivity contribution in [3.63, 3.8) is 0 Å². The number of anilines is 2. The van der Waals surface area contributed by atoms with Crippen molar-refractivity contribution in [2.45, 2.75) is 59.6 Å². The summed E-state index contributed by atoms with van der Waals surface area (Å²) in [6, 6.07) is 9.60. The number of nitrogens with zero attached hydrogens (tertiary/aromatic N) is 6. The van der Waals surface area contributed by atoms with Crippen LogP contribution >= 0.6 is 23.5 Å². The van der Waals surface area contributed by atoms with Gasteiger partial charge in [0, 0.05) is 23.6 Å². The van der Waals surface area contributed by atoms with Crippen LogP contribution in [0.3, 0.4) is 0 Å². The van der Waals surface area contributed by atoms with Gasteiger partial charge in [-0.3, -0.25) is 9.13 Å². The number of rotatable bonds is 8. The average molecular weight is 415 g/mol. The highest BCUT2D eigenvalue weighted by atomic mass is 32.2. The zero-order valence-corrected chi connectivity index (χ0v) is 17.0. The van der Waals surface area contributed by atoms with Crippen LogP contribution in [0.2, 0.25) is 0 Å². The van der Waals surface area contributed by atoms with E-state index in [-0.39, 0.29) is 0 Å². The van der Waals surface area contributed by atoms with Crippen LogP contribution in [-0.4, -0.2) is 29.5 Å². The van der Waals surface area contributed by atoms with Gasteiger partial charge in [-0.2, -0.15) is 0 Å². The van der Waals surface area contributed by atoms with Gasteiger partial charge in [0.1, 0.15) is 0 Å². The van der Waals surface area contributed by atoms with Crippen molar-refractivity contribution >= 4 is 35.4 Å². The van der Waals surface area contributed by atoms with Gasteiger partial charge >= 0.3 is 0 Å². The van der Waals surface area contributed by atoms with Crippen LogP contribution in [0.25, 0.3) is 0 Å². The van der Waals surface area contributed by atoms with E-state index in [0.29, 0.717) is 24.0 Å². The van der Waals surface area contributed by atoms with Crippen LogP contribution in [0.1, 0.15) is 48.9 Å². The first kappa shape index (κ1) is 17.9. The molecule has 0 amide bonds. The summed E-state index contributed by atoms with van der Waals surface area (Å²) >= 11 is 3.38. The molecule has 2 aliphatic carbocycles. The normalized spacial score (nSPS) is 16.6.